The largest absolute Gasteiger partial charge is 0.462 e. The zero-order valence-electron chi connectivity index (χ0n) is 15.2. The molecule has 2 aromatic rings. The van der Waals surface area contributed by atoms with E-state index in [4.69, 9.17) is 44.9 Å². The molecule has 0 aliphatic heterocycles. The van der Waals surface area contributed by atoms with Crippen LogP contribution in [0.1, 0.15) is 34.6 Å². The molecule has 0 radical (unpaired) electrons. The van der Waals surface area contributed by atoms with Gasteiger partial charge in [-0.1, -0.05) is 29.3 Å². The molecule has 2 N–H and O–H groups in total. The number of hydrogen-bond donors (Lipinski definition) is 2. The molecule has 0 unspecified atom stereocenters. The molecule has 0 saturated carbocycles. The number of anilines is 2. The maximum atomic E-state index is 12.1. The Hall–Kier alpha value is -2.35. The number of rotatable bonds is 6. The Bertz CT molecular complexity index is 869. The topological polar surface area (TPSA) is 76.7 Å². The maximum absolute atomic E-state index is 12.1. The van der Waals surface area contributed by atoms with Crippen LogP contribution >= 0.6 is 35.4 Å². The van der Waals surface area contributed by atoms with Crippen LogP contribution in [0.15, 0.2) is 36.4 Å². The summed E-state index contributed by atoms with van der Waals surface area (Å²) in [6, 6.07) is 9.54. The SMILES string of the molecule is CCOC(=O)c1cc(NC(=S)Nc2cccc(Cl)c2Cl)cc(C(=O)OCC)c1. The summed E-state index contributed by atoms with van der Waals surface area (Å²) in [6.07, 6.45) is 0. The van der Waals surface area contributed by atoms with Crippen LogP contribution < -0.4 is 10.6 Å². The van der Waals surface area contributed by atoms with Gasteiger partial charge in [0.15, 0.2) is 5.11 Å². The molecule has 0 atom stereocenters. The van der Waals surface area contributed by atoms with Crippen molar-refractivity contribution < 1.29 is 19.1 Å². The van der Waals surface area contributed by atoms with E-state index >= 15 is 0 Å². The Morgan fingerprint density at radius 3 is 2.07 bits per heavy atom. The summed E-state index contributed by atoms with van der Waals surface area (Å²) in [5.74, 6) is -1.12. The van der Waals surface area contributed by atoms with Gasteiger partial charge in [0, 0.05) is 5.69 Å². The first-order chi connectivity index (χ1) is 13.3. The zero-order chi connectivity index (χ0) is 20.7. The minimum absolute atomic E-state index is 0.193. The van der Waals surface area contributed by atoms with E-state index in [1.165, 1.54) is 18.2 Å². The third-order valence-corrected chi connectivity index (χ3v) is 4.44. The second-order valence-corrected chi connectivity index (χ2v) is 6.61. The number of carbonyl (C=O) groups is 2. The highest BCUT2D eigenvalue weighted by atomic mass is 35.5. The average Bonchev–Trinajstić information content (AvgIpc) is 2.65. The lowest BCUT2D eigenvalue weighted by Gasteiger charge is -2.14. The van der Waals surface area contributed by atoms with Gasteiger partial charge in [-0.05, 0) is 56.4 Å². The van der Waals surface area contributed by atoms with Crippen molar-refractivity contribution in [1.29, 1.82) is 0 Å². The number of thiocarbonyl (C=S) groups is 1. The van der Waals surface area contributed by atoms with Crippen LogP contribution in [0.4, 0.5) is 11.4 Å². The first-order valence-corrected chi connectivity index (χ1v) is 9.53. The smallest absolute Gasteiger partial charge is 0.338 e. The van der Waals surface area contributed by atoms with E-state index in [9.17, 15) is 9.59 Å². The van der Waals surface area contributed by atoms with Gasteiger partial charge < -0.3 is 20.1 Å². The fourth-order valence-electron chi connectivity index (χ4n) is 2.25. The molecular formula is C19H18Cl2N2O4S. The standard InChI is InChI=1S/C19H18Cl2N2O4S/c1-3-26-17(24)11-8-12(18(25)27-4-2)10-13(9-11)22-19(28)23-15-7-5-6-14(20)16(15)21/h5-10H,3-4H2,1-2H3,(H2,22,23,28). The van der Waals surface area contributed by atoms with Crippen molar-refractivity contribution in [3.63, 3.8) is 0 Å². The van der Waals surface area contributed by atoms with Crippen LogP contribution in [0.2, 0.25) is 10.0 Å². The highest BCUT2D eigenvalue weighted by Gasteiger charge is 2.15. The van der Waals surface area contributed by atoms with Crippen LogP contribution in [-0.2, 0) is 9.47 Å². The monoisotopic (exact) mass is 440 g/mol. The summed E-state index contributed by atoms with van der Waals surface area (Å²) in [4.78, 5) is 24.2. The van der Waals surface area contributed by atoms with Gasteiger partial charge in [0.05, 0.1) is 40.1 Å². The van der Waals surface area contributed by atoms with E-state index in [1.54, 1.807) is 32.0 Å². The predicted molar refractivity (Wildman–Crippen MR) is 115 cm³/mol. The molecule has 2 rings (SSSR count). The lowest BCUT2D eigenvalue weighted by Crippen LogP contribution is -2.20. The lowest BCUT2D eigenvalue weighted by atomic mass is 10.1. The molecule has 0 spiro atoms. The molecule has 0 bridgehead atoms. The first kappa shape index (κ1) is 21.9. The van der Waals surface area contributed by atoms with Crippen molar-refractivity contribution in [2.45, 2.75) is 13.8 Å². The summed E-state index contributed by atoms with van der Waals surface area (Å²) in [6.45, 7) is 3.80. The molecule has 0 fully saturated rings. The molecule has 0 saturated heterocycles. The molecular weight excluding hydrogens is 423 g/mol. The van der Waals surface area contributed by atoms with Crippen LogP contribution in [0.3, 0.4) is 0 Å². The molecule has 0 heterocycles. The third kappa shape index (κ3) is 5.82. The normalized spacial score (nSPS) is 10.1. The van der Waals surface area contributed by atoms with Crippen molar-refractivity contribution in [3.05, 3.63) is 57.6 Å². The molecule has 0 aliphatic carbocycles. The van der Waals surface area contributed by atoms with Gasteiger partial charge in [-0.2, -0.15) is 0 Å². The van der Waals surface area contributed by atoms with E-state index in [-0.39, 0.29) is 29.5 Å². The molecule has 2 aromatic carbocycles. The molecule has 0 aliphatic rings. The highest BCUT2D eigenvalue weighted by molar-refractivity contribution is 7.80. The van der Waals surface area contributed by atoms with Crippen molar-refractivity contribution in [3.8, 4) is 0 Å². The van der Waals surface area contributed by atoms with Gasteiger partial charge in [-0.25, -0.2) is 9.59 Å². The number of nitrogens with one attached hydrogen (secondary N) is 2. The van der Waals surface area contributed by atoms with Crippen LogP contribution in [0.25, 0.3) is 0 Å². The fourth-order valence-corrected chi connectivity index (χ4v) is 2.82. The number of carbonyl (C=O) groups excluding carboxylic acids is 2. The third-order valence-electron chi connectivity index (χ3n) is 3.41. The van der Waals surface area contributed by atoms with Crippen LogP contribution in [0.5, 0.6) is 0 Å². The number of hydrogen-bond acceptors (Lipinski definition) is 5. The van der Waals surface area contributed by atoms with Crippen LogP contribution in [0, 0.1) is 0 Å². The summed E-state index contributed by atoms with van der Waals surface area (Å²) in [7, 11) is 0. The molecule has 9 heteroatoms. The molecule has 0 amide bonds. The number of benzene rings is 2. The molecule has 148 valence electrons. The Morgan fingerprint density at radius 2 is 1.54 bits per heavy atom. The van der Waals surface area contributed by atoms with Crippen molar-refractivity contribution in [2.75, 3.05) is 23.8 Å². The quantitative estimate of drug-likeness (QED) is 0.474. The Morgan fingerprint density at radius 1 is 0.964 bits per heavy atom. The van der Waals surface area contributed by atoms with Gasteiger partial charge in [0.1, 0.15) is 0 Å². The second-order valence-electron chi connectivity index (χ2n) is 5.42. The van der Waals surface area contributed by atoms with E-state index in [0.29, 0.717) is 21.4 Å². The van der Waals surface area contributed by atoms with Gasteiger partial charge in [-0.3, -0.25) is 0 Å². The van der Waals surface area contributed by atoms with Gasteiger partial charge >= 0.3 is 11.9 Å². The first-order valence-electron chi connectivity index (χ1n) is 8.37. The Labute approximate surface area is 178 Å². The Balaban J connectivity index is 2.27. The lowest BCUT2D eigenvalue weighted by molar-refractivity contribution is 0.0525. The minimum Gasteiger partial charge on any atom is -0.462 e. The minimum atomic E-state index is -0.562. The average molecular weight is 441 g/mol. The molecule has 6 nitrogen and oxygen atoms in total. The summed E-state index contributed by atoms with van der Waals surface area (Å²) >= 11 is 17.4. The maximum Gasteiger partial charge on any atom is 0.338 e. The summed E-state index contributed by atoms with van der Waals surface area (Å²) in [5, 5.41) is 6.73. The van der Waals surface area contributed by atoms with Crippen LogP contribution in [-0.4, -0.2) is 30.3 Å². The summed E-state index contributed by atoms with van der Waals surface area (Å²) < 4.78 is 10.0. The Kier molecular flexibility index (Phi) is 8.04. The fraction of sp³-hybridized carbons (Fsp3) is 0.211. The van der Waals surface area contributed by atoms with E-state index in [0.717, 1.165) is 0 Å². The highest BCUT2D eigenvalue weighted by Crippen LogP contribution is 2.29. The second kappa shape index (κ2) is 10.3. The summed E-state index contributed by atoms with van der Waals surface area (Å²) in [5.41, 5.74) is 1.31. The van der Waals surface area contributed by atoms with Gasteiger partial charge in [-0.15, -0.1) is 0 Å². The number of halogens is 2. The molecule has 28 heavy (non-hydrogen) atoms. The van der Waals surface area contributed by atoms with Gasteiger partial charge in [0.2, 0.25) is 0 Å². The number of esters is 2. The number of ether oxygens (including phenoxy) is 2. The van der Waals surface area contributed by atoms with E-state index in [2.05, 4.69) is 10.6 Å². The van der Waals surface area contributed by atoms with E-state index in [1.807, 2.05) is 0 Å². The van der Waals surface area contributed by atoms with Crippen molar-refractivity contribution in [2.24, 2.45) is 0 Å². The van der Waals surface area contributed by atoms with E-state index < -0.39 is 11.9 Å². The predicted octanol–water partition coefficient (Wildman–Crippen LogP) is 5.16. The molecule has 0 aromatic heterocycles. The van der Waals surface area contributed by atoms with Crippen molar-refractivity contribution >= 4 is 63.8 Å². The van der Waals surface area contributed by atoms with Gasteiger partial charge in [0.25, 0.3) is 0 Å². The van der Waals surface area contributed by atoms with Crippen molar-refractivity contribution in [1.82, 2.24) is 0 Å². The zero-order valence-corrected chi connectivity index (χ0v) is 17.5.